The summed E-state index contributed by atoms with van der Waals surface area (Å²) < 4.78 is 24.1. The normalized spacial score (nSPS) is 10.6. The Morgan fingerprint density at radius 2 is 2.07 bits per heavy atom. The third-order valence-electron chi connectivity index (χ3n) is 3.63. The lowest BCUT2D eigenvalue weighted by molar-refractivity contribution is 0.0946. The Morgan fingerprint density at radius 1 is 1.22 bits per heavy atom. The molecule has 0 aliphatic heterocycles. The van der Waals surface area contributed by atoms with E-state index >= 15 is 0 Å². The number of nitrogens with zero attached hydrogens (tertiary/aromatic N) is 2. The van der Waals surface area contributed by atoms with Crippen LogP contribution in [0.1, 0.15) is 16.1 Å². The molecule has 140 valence electrons. The molecule has 0 saturated carbocycles. The van der Waals surface area contributed by atoms with Crippen molar-refractivity contribution in [2.75, 3.05) is 20.3 Å². The lowest BCUT2D eigenvalue weighted by atomic mass is 10.2. The number of thiazole rings is 1. The minimum absolute atomic E-state index is 0.255. The average Bonchev–Trinajstić information content (AvgIpc) is 3.18. The smallest absolute Gasteiger partial charge is 0.271 e. The van der Waals surface area contributed by atoms with Crippen molar-refractivity contribution in [1.82, 2.24) is 15.3 Å². The van der Waals surface area contributed by atoms with Gasteiger partial charge in [0.15, 0.2) is 0 Å². The molecule has 0 aliphatic rings. The standard InChI is InChI=1S/C19H18FN3O3S/c1-25-8-9-26-17-7-6-13(10-21-17)11-22-18(24)16-12-27-19(23-16)14-4-2-3-5-15(14)20/h2-7,10,12H,8-9,11H2,1H3,(H,22,24). The minimum Gasteiger partial charge on any atom is -0.475 e. The predicted octanol–water partition coefficient (Wildman–Crippen LogP) is 3.30. The zero-order valence-electron chi connectivity index (χ0n) is 14.6. The second-order valence-electron chi connectivity index (χ2n) is 5.55. The van der Waals surface area contributed by atoms with Crippen LogP contribution in [0.4, 0.5) is 4.39 Å². The van der Waals surface area contributed by atoms with Crippen LogP contribution in [-0.2, 0) is 11.3 Å². The monoisotopic (exact) mass is 387 g/mol. The summed E-state index contributed by atoms with van der Waals surface area (Å²) >= 11 is 1.23. The molecule has 1 amide bonds. The third-order valence-corrected chi connectivity index (χ3v) is 4.50. The van der Waals surface area contributed by atoms with Gasteiger partial charge >= 0.3 is 0 Å². The van der Waals surface area contributed by atoms with Crippen molar-refractivity contribution in [3.05, 3.63) is 65.0 Å². The molecule has 2 aromatic heterocycles. The summed E-state index contributed by atoms with van der Waals surface area (Å²) in [5.74, 6) is -0.192. The number of carbonyl (C=O) groups excluding carboxylic acids is 1. The molecule has 1 N–H and O–H groups in total. The van der Waals surface area contributed by atoms with Crippen LogP contribution < -0.4 is 10.1 Å². The van der Waals surface area contributed by atoms with E-state index in [1.54, 1.807) is 43.0 Å². The molecule has 0 radical (unpaired) electrons. The zero-order chi connectivity index (χ0) is 19.1. The lowest BCUT2D eigenvalue weighted by Gasteiger charge is -2.06. The number of ether oxygens (including phenoxy) is 2. The number of halogens is 1. The van der Waals surface area contributed by atoms with Gasteiger partial charge in [0.2, 0.25) is 5.88 Å². The number of amides is 1. The van der Waals surface area contributed by atoms with Gasteiger partial charge in [-0.2, -0.15) is 0 Å². The molecular formula is C19H18FN3O3S. The van der Waals surface area contributed by atoms with Gasteiger partial charge in [0.05, 0.1) is 6.61 Å². The van der Waals surface area contributed by atoms with E-state index in [1.807, 2.05) is 6.07 Å². The number of benzene rings is 1. The van der Waals surface area contributed by atoms with E-state index in [-0.39, 0.29) is 17.4 Å². The highest BCUT2D eigenvalue weighted by atomic mass is 32.1. The van der Waals surface area contributed by atoms with Gasteiger partial charge < -0.3 is 14.8 Å². The molecule has 0 atom stereocenters. The summed E-state index contributed by atoms with van der Waals surface area (Å²) in [6.45, 7) is 1.21. The van der Waals surface area contributed by atoms with E-state index in [0.29, 0.717) is 36.2 Å². The molecule has 0 saturated heterocycles. The number of rotatable bonds is 8. The number of carbonyl (C=O) groups is 1. The summed E-state index contributed by atoms with van der Waals surface area (Å²) in [7, 11) is 1.60. The molecular weight excluding hydrogens is 369 g/mol. The van der Waals surface area contributed by atoms with Crippen molar-refractivity contribution in [2.45, 2.75) is 6.54 Å². The first kappa shape index (κ1) is 18.9. The Kier molecular flexibility index (Phi) is 6.45. The van der Waals surface area contributed by atoms with Crippen LogP contribution in [0.25, 0.3) is 10.6 Å². The summed E-state index contributed by atoms with van der Waals surface area (Å²) in [6, 6.07) is 9.90. The molecule has 0 fully saturated rings. The van der Waals surface area contributed by atoms with Gasteiger partial charge in [0.25, 0.3) is 5.91 Å². The van der Waals surface area contributed by atoms with Crippen molar-refractivity contribution >= 4 is 17.2 Å². The van der Waals surface area contributed by atoms with Crippen LogP contribution >= 0.6 is 11.3 Å². The van der Waals surface area contributed by atoms with E-state index < -0.39 is 0 Å². The van der Waals surface area contributed by atoms with Crippen LogP contribution in [0.2, 0.25) is 0 Å². The first-order valence-corrected chi connectivity index (χ1v) is 9.10. The second kappa shape index (κ2) is 9.20. The van der Waals surface area contributed by atoms with Crippen LogP contribution in [0.15, 0.2) is 48.0 Å². The highest BCUT2D eigenvalue weighted by Gasteiger charge is 2.14. The van der Waals surface area contributed by atoms with Crippen LogP contribution in [-0.4, -0.2) is 36.2 Å². The number of aromatic nitrogens is 2. The maximum absolute atomic E-state index is 13.8. The first-order chi connectivity index (χ1) is 13.2. The van der Waals surface area contributed by atoms with Crippen LogP contribution in [0.5, 0.6) is 5.88 Å². The van der Waals surface area contributed by atoms with Gasteiger partial charge in [0, 0.05) is 36.9 Å². The third kappa shape index (κ3) is 5.08. The van der Waals surface area contributed by atoms with E-state index in [2.05, 4.69) is 15.3 Å². The van der Waals surface area contributed by atoms with Crippen molar-refractivity contribution in [3.63, 3.8) is 0 Å². The molecule has 6 nitrogen and oxygen atoms in total. The van der Waals surface area contributed by atoms with Crippen molar-refractivity contribution in [3.8, 4) is 16.5 Å². The molecule has 0 bridgehead atoms. The molecule has 2 heterocycles. The Bertz CT molecular complexity index is 899. The summed E-state index contributed by atoms with van der Waals surface area (Å²) in [5, 5.41) is 4.86. The topological polar surface area (TPSA) is 73.3 Å². The van der Waals surface area contributed by atoms with Gasteiger partial charge in [-0.1, -0.05) is 18.2 Å². The molecule has 0 unspecified atom stereocenters. The van der Waals surface area contributed by atoms with Gasteiger partial charge in [-0.3, -0.25) is 4.79 Å². The quantitative estimate of drug-likeness (QED) is 0.601. The largest absolute Gasteiger partial charge is 0.475 e. The fourth-order valence-electron chi connectivity index (χ4n) is 2.24. The molecule has 8 heteroatoms. The van der Waals surface area contributed by atoms with Crippen molar-refractivity contribution in [2.24, 2.45) is 0 Å². The number of methoxy groups -OCH3 is 1. The van der Waals surface area contributed by atoms with Gasteiger partial charge in [-0.15, -0.1) is 11.3 Å². The fourth-order valence-corrected chi connectivity index (χ4v) is 3.07. The van der Waals surface area contributed by atoms with Gasteiger partial charge in [0.1, 0.15) is 23.1 Å². The summed E-state index contributed by atoms with van der Waals surface area (Å²) in [5.41, 5.74) is 1.47. The Labute approximate surface area is 160 Å². The number of pyridine rings is 1. The highest BCUT2D eigenvalue weighted by molar-refractivity contribution is 7.13. The first-order valence-electron chi connectivity index (χ1n) is 8.22. The Morgan fingerprint density at radius 3 is 2.81 bits per heavy atom. The highest BCUT2D eigenvalue weighted by Crippen LogP contribution is 2.26. The number of hydrogen-bond donors (Lipinski definition) is 1. The van der Waals surface area contributed by atoms with Crippen LogP contribution in [0, 0.1) is 5.82 Å². The van der Waals surface area contributed by atoms with E-state index in [1.165, 1.54) is 17.4 Å². The maximum atomic E-state index is 13.8. The molecule has 1 aromatic carbocycles. The second-order valence-corrected chi connectivity index (χ2v) is 6.40. The Balaban J connectivity index is 1.56. The molecule has 3 rings (SSSR count). The van der Waals surface area contributed by atoms with Crippen molar-refractivity contribution in [1.29, 1.82) is 0 Å². The SMILES string of the molecule is COCCOc1ccc(CNC(=O)c2csc(-c3ccccc3F)n2)cn1. The van der Waals surface area contributed by atoms with Crippen LogP contribution in [0.3, 0.4) is 0 Å². The number of hydrogen-bond acceptors (Lipinski definition) is 6. The summed E-state index contributed by atoms with van der Waals surface area (Å²) in [4.78, 5) is 20.7. The van der Waals surface area contributed by atoms with Crippen molar-refractivity contribution < 1.29 is 18.7 Å². The summed E-state index contributed by atoms with van der Waals surface area (Å²) in [6.07, 6.45) is 1.63. The Hall–Kier alpha value is -2.84. The minimum atomic E-state index is -0.363. The maximum Gasteiger partial charge on any atom is 0.271 e. The number of nitrogens with one attached hydrogen (secondary N) is 1. The lowest BCUT2D eigenvalue weighted by Crippen LogP contribution is -2.23. The van der Waals surface area contributed by atoms with E-state index in [4.69, 9.17) is 9.47 Å². The predicted molar refractivity (Wildman–Crippen MR) is 100 cm³/mol. The average molecular weight is 387 g/mol. The molecule has 27 heavy (non-hydrogen) atoms. The van der Waals surface area contributed by atoms with Gasteiger partial charge in [-0.05, 0) is 17.7 Å². The molecule has 0 spiro atoms. The zero-order valence-corrected chi connectivity index (χ0v) is 15.5. The van der Waals surface area contributed by atoms with Gasteiger partial charge in [-0.25, -0.2) is 14.4 Å². The molecule has 3 aromatic rings. The molecule has 0 aliphatic carbocycles. The fraction of sp³-hybridized carbons (Fsp3) is 0.211. The van der Waals surface area contributed by atoms with E-state index in [0.717, 1.165) is 5.56 Å². The van der Waals surface area contributed by atoms with E-state index in [9.17, 15) is 9.18 Å².